The Morgan fingerprint density at radius 1 is 1.30 bits per heavy atom. The molecule has 0 aliphatic rings. The van der Waals surface area contributed by atoms with Gasteiger partial charge in [-0.25, -0.2) is 9.37 Å². The number of nitrogens with zero attached hydrogens (tertiary/aromatic N) is 2. The van der Waals surface area contributed by atoms with Gasteiger partial charge >= 0.3 is 0 Å². The van der Waals surface area contributed by atoms with E-state index < -0.39 is 0 Å². The number of halogens is 1. The van der Waals surface area contributed by atoms with Crippen molar-refractivity contribution in [2.45, 2.75) is 26.3 Å². The molecule has 0 amide bonds. The van der Waals surface area contributed by atoms with Crippen molar-refractivity contribution in [2.24, 2.45) is 0 Å². The van der Waals surface area contributed by atoms with Crippen LogP contribution in [0.2, 0.25) is 0 Å². The van der Waals surface area contributed by atoms with E-state index in [-0.39, 0.29) is 11.9 Å². The summed E-state index contributed by atoms with van der Waals surface area (Å²) in [5, 5.41) is 3.07. The van der Waals surface area contributed by atoms with E-state index in [1.54, 1.807) is 30.5 Å². The van der Waals surface area contributed by atoms with E-state index in [0.717, 1.165) is 6.42 Å². The molecule has 0 bridgehead atoms. The highest BCUT2D eigenvalue weighted by atomic mass is 19.1. The number of anilines is 1. The molecular weight excluding hydrogens is 257 g/mol. The fourth-order valence-electron chi connectivity index (χ4n) is 1.80. The second-order valence-electron chi connectivity index (χ2n) is 4.45. The van der Waals surface area contributed by atoms with Crippen LogP contribution in [0, 0.1) is 5.82 Å². The van der Waals surface area contributed by atoms with Gasteiger partial charge in [0.15, 0.2) is 0 Å². The van der Waals surface area contributed by atoms with Gasteiger partial charge in [-0.05, 0) is 19.4 Å². The zero-order valence-corrected chi connectivity index (χ0v) is 11.6. The van der Waals surface area contributed by atoms with Gasteiger partial charge in [0.25, 0.3) is 0 Å². The minimum absolute atomic E-state index is 0.224. The summed E-state index contributed by atoms with van der Waals surface area (Å²) in [6.45, 7) is 4.50. The van der Waals surface area contributed by atoms with E-state index in [9.17, 15) is 4.39 Å². The molecule has 0 spiro atoms. The second kappa shape index (κ2) is 6.84. The molecule has 1 unspecified atom stereocenters. The number of aromatic nitrogens is 2. The molecule has 0 saturated heterocycles. The minimum Gasteiger partial charge on any atom is -0.478 e. The molecule has 2 aromatic rings. The third-order valence-corrected chi connectivity index (χ3v) is 2.80. The van der Waals surface area contributed by atoms with Crippen LogP contribution in [-0.2, 0) is 0 Å². The van der Waals surface area contributed by atoms with Crippen LogP contribution in [0.3, 0.4) is 0 Å². The number of hydrogen-bond donors (Lipinski definition) is 1. The van der Waals surface area contributed by atoms with Crippen LogP contribution in [0.25, 0.3) is 0 Å². The number of rotatable bonds is 6. The maximum absolute atomic E-state index is 13.7. The third-order valence-electron chi connectivity index (χ3n) is 2.80. The lowest BCUT2D eigenvalue weighted by molar-refractivity contribution is 0.305. The van der Waals surface area contributed by atoms with Gasteiger partial charge in [-0.3, -0.25) is 0 Å². The van der Waals surface area contributed by atoms with Gasteiger partial charge in [-0.15, -0.1) is 0 Å². The van der Waals surface area contributed by atoms with Gasteiger partial charge in [-0.1, -0.05) is 25.1 Å². The van der Waals surface area contributed by atoms with Crippen molar-refractivity contribution in [3.05, 3.63) is 47.9 Å². The second-order valence-corrected chi connectivity index (χ2v) is 4.45. The fraction of sp³-hybridized carbons (Fsp3) is 0.333. The molecule has 0 aliphatic carbocycles. The zero-order valence-electron chi connectivity index (χ0n) is 11.6. The van der Waals surface area contributed by atoms with E-state index in [4.69, 9.17) is 4.74 Å². The number of nitrogens with one attached hydrogen (secondary N) is 1. The van der Waals surface area contributed by atoms with Gasteiger partial charge in [0.05, 0.1) is 12.6 Å². The molecule has 20 heavy (non-hydrogen) atoms. The molecule has 1 heterocycles. The molecule has 1 atom stereocenters. The molecule has 1 aromatic heterocycles. The van der Waals surface area contributed by atoms with Gasteiger partial charge in [-0.2, -0.15) is 4.98 Å². The lowest BCUT2D eigenvalue weighted by atomic mass is 10.1. The van der Waals surface area contributed by atoms with Crippen LogP contribution in [0.1, 0.15) is 31.9 Å². The van der Waals surface area contributed by atoms with Crippen molar-refractivity contribution in [2.75, 3.05) is 11.9 Å². The Labute approximate surface area is 118 Å². The Bertz CT molecular complexity index is 562. The van der Waals surface area contributed by atoms with E-state index in [1.807, 2.05) is 13.8 Å². The van der Waals surface area contributed by atoms with E-state index in [0.29, 0.717) is 24.0 Å². The van der Waals surface area contributed by atoms with Gasteiger partial charge in [0.1, 0.15) is 5.82 Å². The monoisotopic (exact) mass is 275 g/mol. The van der Waals surface area contributed by atoms with Crippen LogP contribution in [-0.4, -0.2) is 16.6 Å². The van der Waals surface area contributed by atoms with Crippen LogP contribution in [0.5, 0.6) is 5.88 Å². The Morgan fingerprint density at radius 2 is 2.10 bits per heavy atom. The maximum atomic E-state index is 13.7. The van der Waals surface area contributed by atoms with Crippen molar-refractivity contribution in [1.29, 1.82) is 0 Å². The first kappa shape index (κ1) is 14.2. The van der Waals surface area contributed by atoms with E-state index >= 15 is 0 Å². The first-order chi connectivity index (χ1) is 9.70. The SMILES string of the molecule is CCCOc1ccnc(NC(C)c2ccccc2F)n1. The van der Waals surface area contributed by atoms with E-state index in [1.165, 1.54) is 6.07 Å². The first-order valence-electron chi connectivity index (χ1n) is 6.67. The van der Waals surface area contributed by atoms with E-state index in [2.05, 4.69) is 15.3 Å². The highest BCUT2D eigenvalue weighted by Crippen LogP contribution is 2.20. The largest absolute Gasteiger partial charge is 0.478 e. The van der Waals surface area contributed by atoms with Crippen molar-refractivity contribution in [3.8, 4) is 5.88 Å². The van der Waals surface area contributed by atoms with Crippen molar-refractivity contribution in [1.82, 2.24) is 9.97 Å². The topological polar surface area (TPSA) is 47.0 Å². The quantitative estimate of drug-likeness (QED) is 0.875. The molecule has 0 saturated carbocycles. The summed E-state index contributed by atoms with van der Waals surface area (Å²) < 4.78 is 19.1. The molecule has 0 radical (unpaired) electrons. The smallest absolute Gasteiger partial charge is 0.226 e. The molecule has 5 heteroatoms. The predicted molar refractivity (Wildman–Crippen MR) is 76.3 cm³/mol. The standard InChI is InChI=1S/C15H18FN3O/c1-3-10-20-14-8-9-17-15(19-14)18-11(2)12-6-4-5-7-13(12)16/h4-9,11H,3,10H2,1-2H3,(H,17,18,19). The lowest BCUT2D eigenvalue weighted by Crippen LogP contribution is -2.11. The summed E-state index contributed by atoms with van der Waals surface area (Å²) in [4.78, 5) is 8.36. The number of benzene rings is 1. The molecule has 0 fully saturated rings. The minimum atomic E-state index is -0.245. The molecule has 1 aromatic carbocycles. The zero-order chi connectivity index (χ0) is 14.4. The normalized spacial score (nSPS) is 11.9. The summed E-state index contributed by atoms with van der Waals surface area (Å²) in [5.74, 6) is 0.699. The number of ether oxygens (including phenoxy) is 1. The highest BCUT2D eigenvalue weighted by Gasteiger charge is 2.11. The molecule has 2 rings (SSSR count). The van der Waals surface area contributed by atoms with Gasteiger partial charge in [0, 0.05) is 17.8 Å². The Balaban J connectivity index is 2.08. The first-order valence-corrected chi connectivity index (χ1v) is 6.67. The molecule has 1 N–H and O–H groups in total. The molecule has 4 nitrogen and oxygen atoms in total. The Hall–Kier alpha value is -2.17. The third kappa shape index (κ3) is 3.66. The van der Waals surface area contributed by atoms with Gasteiger partial charge in [0.2, 0.25) is 11.8 Å². The average Bonchev–Trinajstić information content (AvgIpc) is 2.46. The van der Waals surface area contributed by atoms with Crippen LogP contribution < -0.4 is 10.1 Å². The fourth-order valence-corrected chi connectivity index (χ4v) is 1.80. The summed E-state index contributed by atoms with van der Waals surface area (Å²) in [7, 11) is 0. The van der Waals surface area contributed by atoms with Crippen LogP contribution >= 0.6 is 0 Å². The van der Waals surface area contributed by atoms with Crippen LogP contribution in [0.15, 0.2) is 36.5 Å². The Kier molecular flexibility index (Phi) is 4.87. The summed E-state index contributed by atoms with van der Waals surface area (Å²) in [6.07, 6.45) is 2.53. The van der Waals surface area contributed by atoms with Gasteiger partial charge < -0.3 is 10.1 Å². The molecule has 106 valence electrons. The van der Waals surface area contributed by atoms with Crippen molar-refractivity contribution >= 4 is 5.95 Å². The number of hydrogen-bond acceptors (Lipinski definition) is 4. The predicted octanol–water partition coefficient (Wildman–Crippen LogP) is 3.58. The average molecular weight is 275 g/mol. The molecular formula is C15H18FN3O. The maximum Gasteiger partial charge on any atom is 0.226 e. The van der Waals surface area contributed by atoms with Crippen molar-refractivity contribution < 1.29 is 9.13 Å². The Morgan fingerprint density at radius 3 is 2.85 bits per heavy atom. The highest BCUT2D eigenvalue weighted by molar-refractivity contribution is 5.33. The lowest BCUT2D eigenvalue weighted by Gasteiger charge is -2.15. The summed E-state index contributed by atoms with van der Waals surface area (Å²) in [6, 6.07) is 8.13. The summed E-state index contributed by atoms with van der Waals surface area (Å²) >= 11 is 0. The van der Waals surface area contributed by atoms with Crippen LogP contribution in [0.4, 0.5) is 10.3 Å². The molecule has 0 aliphatic heterocycles. The van der Waals surface area contributed by atoms with Crippen molar-refractivity contribution in [3.63, 3.8) is 0 Å². The summed E-state index contributed by atoms with van der Waals surface area (Å²) in [5.41, 5.74) is 0.580.